The first-order valence-electron chi connectivity index (χ1n) is 8.57. The predicted molar refractivity (Wildman–Crippen MR) is 96.3 cm³/mol. The number of nitrogens with one attached hydrogen (secondary N) is 1. The number of carbonyl (C=O) groups excluding carboxylic acids is 1. The molecule has 3 rings (SSSR count). The van der Waals surface area contributed by atoms with Crippen LogP contribution in [-0.4, -0.2) is 23.5 Å². The first kappa shape index (κ1) is 16.4. The van der Waals surface area contributed by atoms with E-state index in [0.717, 1.165) is 29.0 Å². The van der Waals surface area contributed by atoms with E-state index in [9.17, 15) is 4.79 Å². The third-order valence-corrected chi connectivity index (χ3v) is 4.45. The van der Waals surface area contributed by atoms with Gasteiger partial charge >= 0.3 is 0 Å². The molecule has 2 aromatic rings. The number of hydrogen-bond acceptors (Lipinski definition) is 3. The minimum atomic E-state index is -0.183. The van der Waals surface area contributed by atoms with Crippen LogP contribution in [0.5, 0.6) is 5.75 Å². The van der Waals surface area contributed by atoms with Crippen molar-refractivity contribution in [3.8, 4) is 5.75 Å². The molecule has 0 aromatic heterocycles. The van der Waals surface area contributed by atoms with E-state index in [2.05, 4.69) is 19.2 Å². The molecule has 1 aliphatic rings. The van der Waals surface area contributed by atoms with Crippen LogP contribution >= 0.6 is 0 Å². The van der Waals surface area contributed by atoms with Crippen LogP contribution in [0.1, 0.15) is 49.3 Å². The van der Waals surface area contributed by atoms with E-state index in [1.54, 1.807) is 0 Å². The minimum Gasteiger partial charge on any atom is -0.491 e. The van der Waals surface area contributed by atoms with E-state index in [1.807, 2.05) is 60.4 Å². The average Bonchev–Trinajstić information content (AvgIpc) is 2.61. The first-order chi connectivity index (χ1) is 11.6. The summed E-state index contributed by atoms with van der Waals surface area (Å²) in [4.78, 5) is 14.6. The monoisotopic (exact) mass is 324 g/mol. The normalized spacial score (nSPS) is 17.9. The molecule has 1 aliphatic heterocycles. The van der Waals surface area contributed by atoms with E-state index in [0.29, 0.717) is 6.54 Å². The molecule has 0 saturated carbocycles. The van der Waals surface area contributed by atoms with Gasteiger partial charge in [-0.3, -0.25) is 4.79 Å². The molecule has 0 spiro atoms. The third kappa shape index (κ3) is 3.09. The van der Waals surface area contributed by atoms with Crippen LogP contribution in [0.25, 0.3) is 0 Å². The van der Waals surface area contributed by atoms with Crippen LogP contribution in [-0.2, 0) is 0 Å². The maximum Gasteiger partial charge on any atom is 0.257 e. The van der Waals surface area contributed by atoms with Crippen LogP contribution in [0.4, 0.5) is 5.69 Å². The van der Waals surface area contributed by atoms with Gasteiger partial charge in [0.25, 0.3) is 5.91 Å². The lowest BCUT2D eigenvalue weighted by Crippen LogP contribution is -2.42. The van der Waals surface area contributed by atoms with Crippen molar-refractivity contribution >= 4 is 11.6 Å². The molecule has 1 N–H and O–H groups in total. The number of hydrogen-bond donors (Lipinski definition) is 1. The van der Waals surface area contributed by atoms with Crippen molar-refractivity contribution in [3.63, 3.8) is 0 Å². The number of amides is 1. The summed E-state index contributed by atoms with van der Waals surface area (Å²) in [6.07, 6.45) is 0.945. The Morgan fingerprint density at radius 2 is 1.96 bits per heavy atom. The van der Waals surface area contributed by atoms with Gasteiger partial charge in [0.05, 0.1) is 11.7 Å². The predicted octanol–water partition coefficient (Wildman–Crippen LogP) is 4.45. The molecular weight excluding hydrogens is 300 g/mol. The largest absolute Gasteiger partial charge is 0.491 e. The molecular formula is C20H24N2O2. The maximum atomic E-state index is 12.8. The second-order valence-corrected chi connectivity index (χ2v) is 6.09. The molecule has 2 unspecified atom stereocenters. The van der Waals surface area contributed by atoms with E-state index in [-0.39, 0.29) is 18.2 Å². The van der Waals surface area contributed by atoms with Crippen LogP contribution in [0.3, 0.4) is 0 Å². The zero-order valence-corrected chi connectivity index (χ0v) is 14.5. The molecule has 1 amide bonds. The number of para-hydroxylation sites is 1. The minimum absolute atomic E-state index is 0.0603. The first-order valence-corrected chi connectivity index (χ1v) is 8.57. The lowest BCUT2D eigenvalue weighted by atomic mass is 10.0. The van der Waals surface area contributed by atoms with Gasteiger partial charge in [-0.05, 0) is 50.1 Å². The number of anilines is 1. The van der Waals surface area contributed by atoms with Gasteiger partial charge in [-0.15, -0.1) is 0 Å². The smallest absolute Gasteiger partial charge is 0.257 e. The van der Waals surface area contributed by atoms with E-state index < -0.39 is 0 Å². The van der Waals surface area contributed by atoms with Crippen LogP contribution < -0.4 is 10.1 Å². The number of nitrogens with zero attached hydrogens (tertiary/aromatic N) is 1. The van der Waals surface area contributed by atoms with Gasteiger partial charge in [0.2, 0.25) is 0 Å². The Morgan fingerprint density at radius 1 is 1.17 bits per heavy atom. The Morgan fingerprint density at radius 3 is 2.71 bits per heavy atom. The zero-order valence-electron chi connectivity index (χ0n) is 14.5. The van der Waals surface area contributed by atoms with Crippen molar-refractivity contribution < 1.29 is 9.53 Å². The summed E-state index contributed by atoms with van der Waals surface area (Å²) in [5, 5.41) is 3.49. The SMILES string of the molecule is CCC(C)Oc1cccc(C2Nc3ccccc3C(=O)N2CC)c1. The molecule has 4 heteroatoms. The molecule has 2 aromatic carbocycles. The molecule has 0 aliphatic carbocycles. The number of carbonyl (C=O) groups is 1. The molecule has 0 bridgehead atoms. The summed E-state index contributed by atoms with van der Waals surface area (Å²) >= 11 is 0. The fourth-order valence-electron chi connectivity index (χ4n) is 2.96. The number of rotatable bonds is 5. The number of benzene rings is 2. The van der Waals surface area contributed by atoms with Crippen LogP contribution in [0, 0.1) is 0 Å². The topological polar surface area (TPSA) is 41.6 Å². The molecule has 2 atom stereocenters. The number of ether oxygens (including phenoxy) is 1. The Balaban J connectivity index is 1.93. The summed E-state index contributed by atoms with van der Waals surface area (Å²) in [6.45, 7) is 6.80. The quantitative estimate of drug-likeness (QED) is 0.883. The molecule has 126 valence electrons. The highest BCUT2D eigenvalue weighted by molar-refractivity contribution is 6.01. The van der Waals surface area contributed by atoms with E-state index >= 15 is 0 Å². The lowest BCUT2D eigenvalue weighted by Gasteiger charge is -2.37. The molecule has 0 radical (unpaired) electrons. The average molecular weight is 324 g/mol. The highest BCUT2D eigenvalue weighted by Crippen LogP contribution is 2.33. The molecule has 1 heterocycles. The Kier molecular flexibility index (Phi) is 4.74. The van der Waals surface area contributed by atoms with Gasteiger partial charge in [0.15, 0.2) is 0 Å². The standard InChI is InChI=1S/C20H24N2O2/c1-4-14(3)24-16-10-8-9-15(13-16)19-21-18-12-7-6-11-17(18)20(23)22(19)5-2/h6-14,19,21H,4-5H2,1-3H3. The highest BCUT2D eigenvalue weighted by atomic mass is 16.5. The highest BCUT2D eigenvalue weighted by Gasteiger charge is 2.31. The van der Waals surface area contributed by atoms with Gasteiger partial charge in [-0.2, -0.15) is 0 Å². The van der Waals surface area contributed by atoms with Crippen LogP contribution in [0.15, 0.2) is 48.5 Å². The second-order valence-electron chi connectivity index (χ2n) is 6.09. The van der Waals surface area contributed by atoms with Gasteiger partial charge in [0.1, 0.15) is 11.9 Å². The van der Waals surface area contributed by atoms with Crippen molar-refractivity contribution in [2.45, 2.75) is 39.5 Å². The van der Waals surface area contributed by atoms with Gasteiger partial charge < -0.3 is 15.0 Å². The van der Waals surface area contributed by atoms with Crippen molar-refractivity contribution in [3.05, 3.63) is 59.7 Å². The van der Waals surface area contributed by atoms with E-state index in [1.165, 1.54) is 0 Å². The van der Waals surface area contributed by atoms with Crippen molar-refractivity contribution in [2.75, 3.05) is 11.9 Å². The summed E-state index contributed by atoms with van der Waals surface area (Å²) in [5.74, 6) is 0.899. The summed E-state index contributed by atoms with van der Waals surface area (Å²) in [5.41, 5.74) is 2.63. The lowest BCUT2D eigenvalue weighted by molar-refractivity contribution is 0.0694. The summed E-state index contributed by atoms with van der Waals surface area (Å²) in [6, 6.07) is 15.7. The maximum absolute atomic E-state index is 12.8. The van der Waals surface area contributed by atoms with Gasteiger partial charge in [-0.25, -0.2) is 0 Å². The number of fused-ring (bicyclic) bond motifs is 1. The fourth-order valence-corrected chi connectivity index (χ4v) is 2.96. The summed E-state index contributed by atoms with van der Waals surface area (Å²) < 4.78 is 5.93. The summed E-state index contributed by atoms with van der Waals surface area (Å²) in [7, 11) is 0. The van der Waals surface area contributed by atoms with Gasteiger partial charge in [0, 0.05) is 12.2 Å². The van der Waals surface area contributed by atoms with Crippen molar-refractivity contribution in [1.29, 1.82) is 0 Å². The Bertz CT molecular complexity index is 729. The molecule has 24 heavy (non-hydrogen) atoms. The van der Waals surface area contributed by atoms with Crippen molar-refractivity contribution in [1.82, 2.24) is 4.90 Å². The third-order valence-electron chi connectivity index (χ3n) is 4.45. The Labute approximate surface area is 143 Å². The van der Waals surface area contributed by atoms with Gasteiger partial charge in [-0.1, -0.05) is 31.2 Å². The molecule has 0 fully saturated rings. The fraction of sp³-hybridized carbons (Fsp3) is 0.350. The van der Waals surface area contributed by atoms with Crippen molar-refractivity contribution in [2.24, 2.45) is 0 Å². The van der Waals surface area contributed by atoms with E-state index in [4.69, 9.17) is 4.74 Å². The zero-order chi connectivity index (χ0) is 17.1. The molecule has 4 nitrogen and oxygen atoms in total. The second kappa shape index (κ2) is 6.95. The van der Waals surface area contributed by atoms with Crippen LogP contribution in [0.2, 0.25) is 0 Å². The molecule has 0 saturated heterocycles. The Hall–Kier alpha value is -2.49.